The van der Waals surface area contributed by atoms with Crippen molar-refractivity contribution in [3.8, 4) is 0 Å². The number of anilines is 1. The van der Waals surface area contributed by atoms with E-state index in [1.54, 1.807) is 0 Å². The first-order valence-corrected chi connectivity index (χ1v) is 4.00. The maximum atomic E-state index is 8.36. The molecule has 0 amide bonds. The number of nitrogens with two attached hydrogens (primary N) is 1. The Bertz CT molecular complexity index is 279. The average molecular weight is 243 g/mol. The molecule has 0 saturated heterocycles. The van der Waals surface area contributed by atoms with Crippen LogP contribution in [-0.4, -0.2) is 16.6 Å². The van der Waals surface area contributed by atoms with E-state index in [1.807, 2.05) is 0 Å². The molecule has 1 aromatic rings. The van der Waals surface area contributed by atoms with E-state index in [0.717, 1.165) is 0 Å². The second kappa shape index (κ2) is 5.85. The number of halogens is 3. The van der Waals surface area contributed by atoms with E-state index in [9.17, 15) is 0 Å². The van der Waals surface area contributed by atoms with Gasteiger partial charge in [0.25, 0.3) is 6.47 Å². The summed E-state index contributed by atoms with van der Waals surface area (Å²) in [4.78, 5) is 12.0. The van der Waals surface area contributed by atoms with Crippen LogP contribution < -0.4 is 5.73 Å². The van der Waals surface area contributed by atoms with Crippen molar-refractivity contribution in [3.63, 3.8) is 0 Å². The largest absolute Gasteiger partial charge is 0.483 e. The summed E-state index contributed by atoms with van der Waals surface area (Å²) in [5.41, 5.74) is 5.66. The van der Waals surface area contributed by atoms with Gasteiger partial charge in [0.05, 0.1) is 10.7 Å². The summed E-state index contributed by atoms with van der Waals surface area (Å²) in [5, 5.41) is 7.58. The van der Waals surface area contributed by atoms with Crippen LogP contribution in [0.15, 0.2) is 6.20 Å². The van der Waals surface area contributed by atoms with Gasteiger partial charge in [0.15, 0.2) is 0 Å². The molecule has 1 rings (SSSR count). The van der Waals surface area contributed by atoms with Gasteiger partial charge >= 0.3 is 0 Å². The predicted octanol–water partition coefficient (Wildman–Crippen LogP) is 2.32. The first-order chi connectivity index (χ1) is 6.04. The van der Waals surface area contributed by atoms with Crippen LogP contribution in [0, 0.1) is 0 Å². The zero-order chi connectivity index (χ0) is 10.4. The van der Waals surface area contributed by atoms with E-state index < -0.39 is 0 Å². The Morgan fingerprint density at radius 2 is 1.92 bits per heavy atom. The van der Waals surface area contributed by atoms with Crippen molar-refractivity contribution in [2.75, 3.05) is 5.73 Å². The van der Waals surface area contributed by atoms with Gasteiger partial charge in [-0.2, -0.15) is 0 Å². The minimum atomic E-state index is -0.250. The van der Waals surface area contributed by atoms with Gasteiger partial charge in [-0.05, 0) is 0 Å². The van der Waals surface area contributed by atoms with E-state index in [0.29, 0.717) is 5.02 Å². The van der Waals surface area contributed by atoms with Crippen molar-refractivity contribution in [1.82, 2.24) is 4.98 Å². The molecule has 0 aliphatic carbocycles. The van der Waals surface area contributed by atoms with Crippen molar-refractivity contribution in [1.29, 1.82) is 0 Å². The molecular formula is C6H5Cl3N2O2. The minimum absolute atomic E-state index is 0.170. The Morgan fingerprint density at radius 3 is 2.31 bits per heavy atom. The highest BCUT2D eigenvalue weighted by Gasteiger charge is 2.05. The maximum Gasteiger partial charge on any atom is 0.290 e. The number of hydrogen-bond acceptors (Lipinski definition) is 3. The second-order valence-electron chi connectivity index (χ2n) is 1.73. The van der Waals surface area contributed by atoms with Gasteiger partial charge in [-0.25, -0.2) is 4.98 Å². The Morgan fingerprint density at radius 1 is 1.46 bits per heavy atom. The molecule has 4 nitrogen and oxygen atoms in total. The lowest BCUT2D eigenvalue weighted by atomic mass is 10.4. The fraction of sp³-hybridized carbons (Fsp3) is 0. The van der Waals surface area contributed by atoms with Crippen molar-refractivity contribution in [2.45, 2.75) is 0 Å². The summed E-state index contributed by atoms with van der Waals surface area (Å²) in [6, 6.07) is 0. The standard InChI is InChI=1S/C5H3Cl3N2.CH2O2/c6-2-1-10-5(8)3(7)4(2)9;2-1-3/h1H,(H2,9,10);1H,(H,2,3). The van der Waals surface area contributed by atoms with Crippen LogP contribution in [0.3, 0.4) is 0 Å². The molecule has 0 aliphatic heterocycles. The van der Waals surface area contributed by atoms with Gasteiger partial charge in [-0.15, -0.1) is 0 Å². The molecule has 0 unspecified atom stereocenters. The van der Waals surface area contributed by atoms with E-state index in [1.165, 1.54) is 6.20 Å². The van der Waals surface area contributed by atoms with Crippen LogP contribution >= 0.6 is 34.8 Å². The van der Waals surface area contributed by atoms with Crippen molar-refractivity contribution in [3.05, 3.63) is 21.4 Å². The van der Waals surface area contributed by atoms with Crippen molar-refractivity contribution < 1.29 is 9.90 Å². The fourth-order valence-electron chi connectivity index (χ4n) is 0.456. The van der Waals surface area contributed by atoms with Crippen molar-refractivity contribution >= 4 is 47.0 Å². The quantitative estimate of drug-likeness (QED) is 0.541. The molecule has 0 spiro atoms. The van der Waals surface area contributed by atoms with Gasteiger partial charge in [0.1, 0.15) is 10.2 Å². The predicted molar refractivity (Wildman–Crippen MR) is 52.4 cm³/mol. The molecule has 0 atom stereocenters. The summed E-state index contributed by atoms with van der Waals surface area (Å²) < 4.78 is 0. The van der Waals surface area contributed by atoms with E-state index >= 15 is 0 Å². The highest BCUT2D eigenvalue weighted by molar-refractivity contribution is 6.45. The monoisotopic (exact) mass is 242 g/mol. The number of carbonyl (C=O) groups is 1. The fourth-order valence-corrected chi connectivity index (χ4v) is 0.948. The zero-order valence-corrected chi connectivity index (χ0v) is 8.44. The maximum absolute atomic E-state index is 8.36. The molecule has 13 heavy (non-hydrogen) atoms. The molecule has 7 heteroatoms. The Hall–Kier alpha value is -0.710. The van der Waals surface area contributed by atoms with Crippen LogP contribution in [0.4, 0.5) is 5.69 Å². The SMILES string of the molecule is Nc1c(Cl)cnc(Cl)c1Cl.O=CO. The second-order valence-corrected chi connectivity index (χ2v) is 2.87. The third kappa shape index (κ3) is 3.67. The zero-order valence-electron chi connectivity index (χ0n) is 6.17. The van der Waals surface area contributed by atoms with Crippen LogP contribution in [0.1, 0.15) is 0 Å². The third-order valence-corrected chi connectivity index (χ3v) is 2.03. The molecule has 72 valence electrons. The first-order valence-electron chi connectivity index (χ1n) is 2.87. The molecule has 0 radical (unpaired) electrons. The molecular weight excluding hydrogens is 238 g/mol. The summed E-state index contributed by atoms with van der Waals surface area (Å²) in [5.74, 6) is 0. The van der Waals surface area contributed by atoms with Gasteiger partial charge in [0, 0.05) is 6.20 Å². The third-order valence-electron chi connectivity index (χ3n) is 0.966. The molecule has 3 N–H and O–H groups in total. The van der Waals surface area contributed by atoms with Gasteiger partial charge in [-0.3, -0.25) is 4.79 Å². The van der Waals surface area contributed by atoms with Crippen LogP contribution in [0.2, 0.25) is 15.2 Å². The van der Waals surface area contributed by atoms with E-state index in [4.69, 9.17) is 50.4 Å². The highest BCUT2D eigenvalue weighted by Crippen LogP contribution is 2.30. The Labute approximate surface area is 89.2 Å². The van der Waals surface area contributed by atoms with Gasteiger partial charge in [0.2, 0.25) is 0 Å². The number of aromatic nitrogens is 1. The minimum Gasteiger partial charge on any atom is -0.483 e. The molecule has 1 heterocycles. The number of nitrogens with zero attached hydrogens (tertiary/aromatic N) is 1. The topological polar surface area (TPSA) is 76.2 Å². The first kappa shape index (κ1) is 12.3. The van der Waals surface area contributed by atoms with Crippen molar-refractivity contribution in [2.24, 2.45) is 0 Å². The summed E-state index contributed by atoms with van der Waals surface area (Å²) >= 11 is 16.6. The summed E-state index contributed by atoms with van der Waals surface area (Å²) in [6.07, 6.45) is 1.35. The van der Waals surface area contributed by atoms with Crippen LogP contribution in [-0.2, 0) is 4.79 Å². The lowest BCUT2D eigenvalue weighted by Crippen LogP contribution is -1.89. The number of hydrogen-bond donors (Lipinski definition) is 2. The lowest BCUT2D eigenvalue weighted by molar-refractivity contribution is -0.122. The number of carboxylic acid groups (broad SMARTS) is 1. The summed E-state index contributed by atoms with van der Waals surface area (Å²) in [7, 11) is 0. The summed E-state index contributed by atoms with van der Waals surface area (Å²) in [6.45, 7) is -0.250. The Kier molecular flexibility index (Phi) is 5.53. The average Bonchev–Trinajstić information content (AvgIpc) is 2.10. The lowest BCUT2D eigenvalue weighted by Gasteiger charge is -1.99. The number of pyridine rings is 1. The molecule has 1 aromatic heterocycles. The smallest absolute Gasteiger partial charge is 0.290 e. The van der Waals surface area contributed by atoms with E-state index in [-0.39, 0.29) is 22.3 Å². The molecule has 0 bridgehead atoms. The molecule has 0 aromatic carbocycles. The van der Waals surface area contributed by atoms with Crippen LogP contribution in [0.25, 0.3) is 0 Å². The normalized spacial score (nSPS) is 8.54. The number of nitrogen functional groups attached to an aromatic ring is 1. The van der Waals surface area contributed by atoms with Gasteiger partial charge in [-0.1, -0.05) is 34.8 Å². The van der Waals surface area contributed by atoms with E-state index in [2.05, 4.69) is 4.98 Å². The number of rotatable bonds is 0. The van der Waals surface area contributed by atoms with Crippen LogP contribution in [0.5, 0.6) is 0 Å². The molecule has 0 aliphatic rings. The van der Waals surface area contributed by atoms with Gasteiger partial charge < -0.3 is 10.8 Å². The molecule has 0 saturated carbocycles. The highest BCUT2D eigenvalue weighted by atomic mass is 35.5. The Balaban J connectivity index is 0.000000424. The molecule has 0 fully saturated rings.